The second-order valence-corrected chi connectivity index (χ2v) is 13.1. The molecule has 2 atom stereocenters. The molecule has 42 heavy (non-hydrogen) atoms. The first-order valence-corrected chi connectivity index (χ1v) is 15.4. The molecule has 0 unspecified atom stereocenters. The minimum absolute atomic E-state index is 0.00921. The van der Waals surface area contributed by atoms with Gasteiger partial charge in [0.1, 0.15) is 10.7 Å². The molecule has 0 saturated heterocycles. The molecule has 6 rings (SSSR count). The van der Waals surface area contributed by atoms with Crippen LogP contribution in [0.1, 0.15) is 84.7 Å². The van der Waals surface area contributed by atoms with Gasteiger partial charge in [-0.1, -0.05) is 25.0 Å². The molecule has 10 heteroatoms. The number of benzene rings is 1. The lowest BCUT2D eigenvalue weighted by Crippen LogP contribution is -2.50. The van der Waals surface area contributed by atoms with Crippen molar-refractivity contribution in [2.24, 2.45) is 11.3 Å². The Hall–Kier alpha value is -3.27. The molecule has 2 saturated carbocycles. The Balaban J connectivity index is 1.42. The predicted molar refractivity (Wildman–Crippen MR) is 155 cm³/mol. The number of thiazole rings is 1. The highest BCUT2D eigenvalue weighted by molar-refractivity contribution is 7.13. The zero-order valence-corrected chi connectivity index (χ0v) is 24.6. The van der Waals surface area contributed by atoms with E-state index >= 15 is 0 Å². The summed E-state index contributed by atoms with van der Waals surface area (Å²) in [4.78, 5) is 19.9. The normalized spacial score (nSPS) is 22.5. The zero-order valence-electron chi connectivity index (χ0n) is 23.8. The van der Waals surface area contributed by atoms with Crippen LogP contribution in [0.3, 0.4) is 0 Å². The summed E-state index contributed by atoms with van der Waals surface area (Å²) in [6.07, 6.45) is 6.66. The molecule has 0 spiro atoms. The molecule has 222 valence electrons. The lowest BCUT2D eigenvalue weighted by molar-refractivity contribution is -0.134. The predicted octanol–water partition coefficient (Wildman–Crippen LogP) is 8.26. The van der Waals surface area contributed by atoms with Crippen molar-refractivity contribution < 1.29 is 22.4 Å². The third-order valence-corrected chi connectivity index (χ3v) is 10.3. The van der Waals surface area contributed by atoms with Crippen molar-refractivity contribution in [3.05, 3.63) is 81.5 Å². The minimum Gasteiger partial charge on any atom is -0.370 e. The van der Waals surface area contributed by atoms with Gasteiger partial charge in [-0.3, -0.25) is 4.79 Å². The van der Waals surface area contributed by atoms with Crippen LogP contribution in [-0.2, 0) is 12.6 Å². The van der Waals surface area contributed by atoms with Crippen LogP contribution in [0.2, 0.25) is 0 Å². The van der Waals surface area contributed by atoms with Crippen molar-refractivity contribution in [2.45, 2.75) is 83.5 Å². The number of hydrogen-bond donors (Lipinski definition) is 0. The van der Waals surface area contributed by atoms with Gasteiger partial charge in [0, 0.05) is 17.8 Å². The first-order chi connectivity index (χ1) is 20.0. The molecule has 0 amide bonds. The largest absolute Gasteiger partial charge is 0.427 e. The molecule has 0 N–H and O–H groups in total. The van der Waals surface area contributed by atoms with Gasteiger partial charge in [-0.05, 0) is 94.2 Å². The van der Waals surface area contributed by atoms with Crippen LogP contribution in [0.15, 0.2) is 54.5 Å². The molecule has 1 aromatic carbocycles. The van der Waals surface area contributed by atoms with Crippen LogP contribution in [0, 0.1) is 17.2 Å². The average Bonchev–Trinajstić information content (AvgIpc) is 3.73. The van der Waals surface area contributed by atoms with Gasteiger partial charge in [-0.15, -0.1) is 11.3 Å². The van der Waals surface area contributed by atoms with Crippen LogP contribution < -0.4 is 0 Å². The fourth-order valence-corrected chi connectivity index (χ4v) is 8.10. The fourth-order valence-electron chi connectivity index (χ4n) is 7.28. The van der Waals surface area contributed by atoms with Crippen molar-refractivity contribution in [3.8, 4) is 5.69 Å². The summed E-state index contributed by atoms with van der Waals surface area (Å²) >= 11 is 0.419. The van der Waals surface area contributed by atoms with Crippen molar-refractivity contribution in [1.29, 1.82) is 0 Å². The van der Waals surface area contributed by atoms with Gasteiger partial charge in [-0.25, -0.2) is 14.1 Å². The maximum absolute atomic E-state index is 14.4. The first-order valence-electron chi connectivity index (χ1n) is 14.6. The second-order valence-electron chi connectivity index (χ2n) is 12.1. The SMILES string of the molecule is C=C(C1CCCC1)N(C(C)C)[C@H]1CCC2=Cc3c(cnn3-c3ccc(F)cc3)C[C@]2(C(=O)c2ncc(C(F)(F)F)s2)C1. The van der Waals surface area contributed by atoms with Crippen LogP contribution >= 0.6 is 11.3 Å². The molecule has 0 aliphatic heterocycles. The Morgan fingerprint density at radius 3 is 2.50 bits per heavy atom. The molecule has 3 aromatic rings. The summed E-state index contributed by atoms with van der Waals surface area (Å²) in [5.74, 6) is -0.304. The summed E-state index contributed by atoms with van der Waals surface area (Å²) in [5, 5.41) is 4.45. The number of halogens is 4. The topological polar surface area (TPSA) is 51.0 Å². The van der Waals surface area contributed by atoms with E-state index in [9.17, 15) is 22.4 Å². The number of nitrogens with zero attached hydrogens (tertiary/aromatic N) is 4. The summed E-state index contributed by atoms with van der Waals surface area (Å²) in [6, 6.07) is 6.21. The molecular weight excluding hydrogens is 564 g/mol. The van der Waals surface area contributed by atoms with E-state index < -0.39 is 16.5 Å². The average molecular weight is 599 g/mol. The molecule has 0 radical (unpaired) electrons. The number of allylic oxidation sites excluding steroid dienone is 2. The van der Waals surface area contributed by atoms with Crippen molar-refractivity contribution in [1.82, 2.24) is 19.7 Å². The monoisotopic (exact) mass is 598 g/mol. The zero-order chi connectivity index (χ0) is 29.8. The van der Waals surface area contributed by atoms with Crippen LogP contribution in [0.25, 0.3) is 11.8 Å². The number of rotatable bonds is 7. The third-order valence-electron chi connectivity index (χ3n) is 9.23. The van der Waals surface area contributed by atoms with Crippen LogP contribution in [-0.4, -0.2) is 37.5 Å². The molecule has 5 nitrogen and oxygen atoms in total. The molecule has 2 aromatic heterocycles. The van der Waals surface area contributed by atoms with Gasteiger partial charge in [0.25, 0.3) is 0 Å². The minimum atomic E-state index is -4.56. The lowest BCUT2D eigenvalue weighted by Gasteiger charge is -2.49. The lowest BCUT2D eigenvalue weighted by atomic mass is 9.60. The maximum atomic E-state index is 14.4. The Morgan fingerprint density at radius 1 is 1.14 bits per heavy atom. The van der Waals surface area contributed by atoms with E-state index in [1.165, 1.54) is 25.0 Å². The maximum Gasteiger partial charge on any atom is 0.427 e. The first kappa shape index (κ1) is 28.8. The highest BCUT2D eigenvalue weighted by atomic mass is 32.1. The summed E-state index contributed by atoms with van der Waals surface area (Å²) in [5.41, 5.74) is 3.28. The molecule has 2 heterocycles. The Kier molecular flexibility index (Phi) is 7.40. The van der Waals surface area contributed by atoms with E-state index in [-0.39, 0.29) is 28.7 Å². The van der Waals surface area contributed by atoms with E-state index in [4.69, 9.17) is 0 Å². The highest BCUT2D eigenvalue weighted by Gasteiger charge is 2.52. The fraction of sp³-hybridized carbons (Fsp3) is 0.469. The standard InChI is InChI=1S/C32H34F4N4OS/c1-19(2)39(20(3)21-6-4-5-7-21)26-11-8-23-14-27-22(17-38-40(27)25-12-9-24(33)10-13-25)15-31(23,16-26)29(41)30-37-18-28(42-30)32(34,35)36/h9-10,12-14,17-19,21,26H,3-8,11,15-16H2,1-2H3/t26-,31-/m0/s1. The second kappa shape index (κ2) is 10.8. The number of ketones is 1. The number of fused-ring (bicyclic) bond motifs is 2. The van der Waals surface area contributed by atoms with Crippen molar-refractivity contribution in [3.63, 3.8) is 0 Å². The Labute approximate surface area is 246 Å². The van der Waals surface area contributed by atoms with Gasteiger partial charge >= 0.3 is 6.18 Å². The van der Waals surface area contributed by atoms with Crippen LogP contribution in [0.5, 0.6) is 0 Å². The number of carbonyl (C=O) groups excluding carboxylic acids is 1. The van der Waals surface area contributed by atoms with E-state index in [0.29, 0.717) is 42.2 Å². The van der Waals surface area contributed by atoms with Gasteiger partial charge in [0.2, 0.25) is 5.78 Å². The van der Waals surface area contributed by atoms with E-state index in [0.717, 1.165) is 48.0 Å². The van der Waals surface area contributed by atoms with Gasteiger partial charge < -0.3 is 4.90 Å². The van der Waals surface area contributed by atoms with Gasteiger partial charge in [0.05, 0.1) is 29.2 Å². The number of alkyl halides is 3. The molecule has 3 aliphatic carbocycles. The van der Waals surface area contributed by atoms with E-state index in [1.54, 1.807) is 23.0 Å². The van der Waals surface area contributed by atoms with Gasteiger partial charge in [0.15, 0.2) is 5.01 Å². The summed E-state index contributed by atoms with van der Waals surface area (Å²) in [6.45, 7) is 8.81. The summed E-state index contributed by atoms with van der Waals surface area (Å²) < 4.78 is 55.9. The third kappa shape index (κ3) is 5.01. The molecular formula is C32H34F4N4OS. The van der Waals surface area contributed by atoms with E-state index in [1.807, 2.05) is 6.08 Å². The van der Waals surface area contributed by atoms with Crippen LogP contribution in [0.4, 0.5) is 17.6 Å². The summed E-state index contributed by atoms with van der Waals surface area (Å²) in [7, 11) is 0. The number of carbonyl (C=O) groups is 1. The smallest absolute Gasteiger partial charge is 0.370 e. The van der Waals surface area contributed by atoms with E-state index in [2.05, 4.69) is 35.4 Å². The number of Topliss-reactive ketones (excluding diaryl/α,β-unsaturated/α-hetero) is 1. The number of aromatic nitrogens is 3. The van der Waals surface area contributed by atoms with Crippen molar-refractivity contribution >= 4 is 23.2 Å². The molecule has 3 aliphatic rings. The highest BCUT2D eigenvalue weighted by Crippen LogP contribution is 2.52. The Bertz CT molecular complexity index is 1530. The number of hydrogen-bond acceptors (Lipinski definition) is 5. The molecule has 0 bridgehead atoms. The Morgan fingerprint density at radius 2 is 1.86 bits per heavy atom. The molecule has 2 fully saturated rings. The quantitative estimate of drug-likeness (QED) is 0.203. The van der Waals surface area contributed by atoms with Gasteiger partial charge in [-0.2, -0.15) is 18.3 Å². The van der Waals surface area contributed by atoms with Crippen molar-refractivity contribution in [2.75, 3.05) is 0 Å².